The number of nitrogens with zero attached hydrogens (tertiary/aromatic N) is 4. The van der Waals surface area contributed by atoms with E-state index in [0.29, 0.717) is 23.7 Å². The molecule has 134 valence electrons. The van der Waals surface area contributed by atoms with Gasteiger partial charge in [0.15, 0.2) is 5.65 Å². The third kappa shape index (κ3) is 2.75. The standard InChI is InChI=1S/C20H21FN4O/c1-4-25(15-9-7-14(21)8-10-15)20(26)16-11-17(13-5-6-13)22-19-18(16)12(2)23-24(19)3/h7-11,13H,4-6H2,1-3H3. The van der Waals surface area contributed by atoms with E-state index < -0.39 is 0 Å². The van der Waals surface area contributed by atoms with E-state index in [0.717, 1.165) is 35.3 Å². The minimum absolute atomic E-state index is 0.107. The number of aryl methyl sites for hydroxylation is 2. The van der Waals surface area contributed by atoms with Crippen LogP contribution < -0.4 is 4.90 Å². The molecule has 6 heteroatoms. The summed E-state index contributed by atoms with van der Waals surface area (Å²) in [5.74, 6) is 0.00855. The maximum Gasteiger partial charge on any atom is 0.259 e. The average Bonchev–Trinajstić information content (AvgIpc) is 3.43. The molecule has 3 aromatic rings. The van der Waals surface area contributed by atoms with Gasteiger partial charge in [0.1, 0.15) is 5.82 Å². The first-order valence-electron chi connectivity index (χ1n) is 8.91. The molecule has 1 aliphatic carbocycles. The van der Waals surface area contributed by atoms with E-state index in [1.165, 1.54) is 12.1 Å². The van der Waals surface area contributed by atoms with Gasteiger partial charge in [0.2, 0.25) is 0 Å². The van der Waals surface area contributed by atoms with Crippen LogP contribution in [-0.2, 0) is 7.05 Å². The fraction of sp³-hybridized carbons (Fsp3) is 0.350. The number of hydrogen-bond acceptors (Lipinski definition) is 3. The fourth-order valence-electron chi connectivity index (χ4n) is 3.43. The lowest BCUT2D eigenvalue weighted by Crippen LogP contribution is -2.31. The largest absolute Gasteiger partial charge is 0.309 e. The monoisotopic (exact) mass is 352 g/mol. The normalized spacial score (nSPS) is 14.0. The van der Waals surface area contributed by atoms with Crippen molar-refractivity contribution in [3.8, 4) is 0 Å². The average molecular weight is 352 g/mol. The summed E-state index contributed by atoms with van der Waals surface area (Å²) >= 11 is 0. The van der Waals surface area contributed by atoms with Crippen LogP contribution in [0.2, 0.25) is 0 Å². The van der Waals surface area contributed by atoms with Crippen molar-refractivity contribution in [2.24, 2.45) is 7.05 Å². The van der Waals surface area contributed by atoms with Crippen molar-refractivity contribution in [1.82, 2.24) is 14.8 Å². The molecule has 0 aliphatic heterocycles. The van der Waals surface area contributed by atoms with Crippen LogP contribution in [0.3, 0.4) is 0 Å². The van der Waals surface area contributed by atoms with Crippen molar-refractivity contribution in [2.45, 2.75) is 32.6 Å². The Morgan fingerprint density at radius 3 is 2.62 bits per heavy atom. The zero-order valence-corrected chi connectivity index (χ0v) is 15.2. The number of carbonyl (C=O) groups is 1. The van der Waals surface area contributed by atoms with Crippen LogP contribution in [0.4, 0.5) is 10.1 Å². The highest BCUT2D eigenvalue weighted by atomic mass is 19.1. The van der Waals surface area contributed by atoms with Gasteiger partial charge in [-0.1, -0.05) is 0 Å². The third-order valence-electron chi connectivity index (χ3n) is 4.91. The lowest BCUT2D eigenvalue weighted by Gasteiger charge is -2.22. The predicted molar refractivity (Wildman–Crippen MR) is 99.0 cm³/mol. The predicted octanol–water partition coefficient (Wildman–Crippen LogP) is 3.96. The Morgan fingerprint density at radius 1 is 1.31 bits per heavy atom. The topological polar surface area (TPSA) is 51.0 Å². The van der Waals surface area contributed by atoms with Crippen LogP contribution in [0.15, 0.2) is 30.3 Å². The molecule has 0 atom stereocenters. The van der Waals surface area contributed by atoms with Crippen molar-refractivity contribution in [3.05, 3.63) is 53.1 Å². The first kappa shape index (κ1) is 16.7. The molecule has 1 amide bonds. The Labute approximate surface area is 151 Å². The fourth-order valence-corrected chi connectivity index (χ4v) is 3.43. The Hall–Kier alpha value is -2.76. The Bertz CT molecular complexity index is 989. The molecule has 5 nitrogen and oxygen atoms in total. The van der Waals surface area contributed by atoms with E-state index >= 15 is 0 Å². The second-order valence-electron chi connectivity index (χ2n) is 6.80. The van der Waals surface area contributed by atoms with E-state index in [-0.39, 0.29) is 11.7 Å². The van der Waals surface area contributed by atoms with E-state index in [9.17, 15) is 9.18 Å². The van der Waals surface area contributed by atoms with Crippen LogP contribution in [0, 0.1) is 12.7 Å². The van der Waals surface area contributed by atoms with Gasteiger partial charge in [0.05, 0.1) is 16.6 Å². The second kappa shape index (κ2) is 6.20. The molecule has 0 unspecified atom stereocenters. The van der Waals surface area contributed by atoms with E-state index in [2.05, 4.69) is 5.10 Å². The summed E-state index contributed by atoms with van der Waals surface area (Å²) in [4.78, 5) is 19.8. The van der Waals surface area contributed by atoms with Crippen LogP contribution in [0.5, 0.6) is 0 Å². The molecular weight excluding hydrogens is 331 g/mol. The lowest BCUT2D eigenvalue weighted by atomic mass is 10.1. The molecule has 1 saturated carbocycles. The van der Waals surface area contributed by atoms with Crippen LogP contribution >= 0.6 is 0 Å². The molecule has 1 aromatic carbocycles. The van der Waals surface area contributed by atoms with E-state index in [1.54, 1.807) is 21.7 Å². The van der Waals surface area contributed by atoms with E-state index in [1.807, 2.05) is 27.0 Å². The summed E-state index contributed by atoms with van der Waals surface area (Å²) in [6.45, 7) is 4.30. The van der Waals surface area contributed by atoms with Gasteiger partial charge in [0.25, 0.3) is 5.91 Å². The first-order valence-corrected chi connectivity index (χ1v) is 8.91. The number of pyridine rings is 1. The van der Waals surface area contributed by atoms with Gasteiger partial charge in [-0.15, -0.1) is 0 Å². The van der Waals surface area contributed by atoms with Crippen LogP contribution in [0.1, 0.15) is 47.4 Å². The number of aromatic nitrogens is 3. The SMILES string of the molecule is CCN(C(=O)c1cc(C2CC2)nc2c1c(C)nn2C)c1ccc(F)cc1. The molecule has 0 bridgehead atoms. The zero-order valence-electron chi connectivity index (χ0n) is 15.2. The Balaban J connectivity index is 1.86. The number of rotatable bonds is 4. The molecule has 4 rings (SSSR count). The van der Waals surface area contributed by atoms with Gasteiger partial charge in [0, 0.05) is 30.9 Å². The number of amides is 1. The number of anilines is 1. The Morgan fingerprint density at radius 2 is 2.00 bits per heavy atom. The first-order chi connectivity index (χ1) is 12.5. The molecule has 1 fully saturated rings. The van der Waals surface area contributed by atoms with Crippen LogP contribution in [-0.4, -0.2) is 27.2 Å². The quantitative estimate of drug-likeness (QED) is 0.714. The second-order valence-corrected chi connectivity index (χ2v) is 6.80. The molecule has 0 saturated heterocycles. The number of hydrogen-bond donors (Lipinski definition) is 0. The zero-order chi connectivity index (χ0) is 18.4. The van der Waals surface area contributed by atoms with Crippen LogP contribution in [0.25, 0.3) is 11.0 Å². The minimum atomic E-state index is -0.317. The maximum atomic E-state index is 13.4. The molecular formula is C20H21FN4O. The van der Waals surface area contributed by atoms with Gasteiger partial charge in [-0.25, -0.2) is 9.37 Å². The van der Waals surface area contributed by atoms with Gasteiger partial charge >= 0.3 is 0 Å². The number of benzene rings is 1. The minimum Gasteiger partial charge on any atom is -0.309 e. The number of halogens is 1. The van der Waals surface area contributed by atoms with E-state index in [4.69, 9.17) is 4.98 Å². The highest BCUT2D eigenvalue weighted by molar-refractivity contribution is 6.13. The van der Waals surface area contributed by atoms with Gasteiger partial charge < -0.3 is 4.90 Å². The summed E-state index contributed by atoms with van der Waals surface area (Å²) in [7, 11) is 1.85. The molecule has 0 radical (unpaired) electrons. The van der Waals surface area contributed by atoms with Crippen molar-refractivity contribution in [3.63, 3.8) is 0 Å². The summed E-state index contributed by atoms with van der Waals surface area (Å²) in [6, 6.07) is 7.93. The smallest absolute Gasteiger partial charge is 0.259 e. The molecule has 1 aliphatic rings. The third-order valence-corrected chi connectivity index (χ3v) is 4.91. The Kier molecular flexibility index (Phi) is 3.98. The molecule has 2 heterocycles. The lowest BCUT2D eigenvalue weighted by molar-refractivity contribution is 0.0989. The number of fused-ring (bicyclic) bond motifs is 1. The summed E-state index contributed by atoms with van der Waals surface area (Å²) in [5, 5.41) is 5.25. The molecule has 2 aromatic heterocycles. The highest BCUT2D eigenvalue weighted by Gasteiger charge is 2.29. The van der Waals surface area contributed by atoms with Crippen molar-refractivity contribution in [2.75, 3.05) is 11.4 Å². The molecule has 0 N–H and O–H groups in total. The van der Waals surface area contributed by atoms with Gasteiger partial charge in [-0.2, -0.15) is 5.10 Å². The summed E-state index contributed by atoms with van der Waals surface area (Å²) in [5.41, 5.74) is 3.78. The summed E-state index contributed by atoms with van der Waals surface area (Å²) in [6.07, 6.45) is 2.22. The van der Waals surface area contributed by atoms with Gasteiger partial charge in [-0.3, -0.25) is 9.48 Å². The van der Waals surface area contributed by atoms with Crippen molar-refractivity contribution in [1.29, 1.82) is 0 Å². The number of carbonyl (C=O) groups excluding carboxylic acids is 1. The molecule has 26 heavy (non-hydrogen) atoms. The maximum absolute atomic E-state index is 13.4. The highest BCUT2D eigenvalue weighted by Crippen LogP contribution is 2.40. The van der Waals surface area contributed by atoms with Gasteiger partial charge in [-0.05, 0) is 57.0 Å². The van der Waals surface area contributed by atoms with Crippen molar-refractivity contribution >= 4 is 22.6 Å². The van der Waals surface area contributed by atoms with Crippen molar-refractivity contribution < 1.29 is 9.18 Å². The molecule has 0 spiro atoms. The summed E-state index contributed by atoms with van der Waals surface area (Å²) < 4.78 is 15.0.